The lowest BCUT2D eigenvalue weighted by molar-refractivity contribution is -0.122. The van der Waals surface area contributed by atoms with Gasteiger partial charge in [0.25, 0.3) is 0 Å². The van der Waals surface area contributed by atoms with Gasteiger partial charge in [0.05, 0.1) is 0 Å². The fourth-order valence-electron chi connectivity index (χ4n) is 2.88. The number of nitrogens with one attached hydrogen (secondary N) is 2. The van der Waals surface area contributed by atoms with Gasteiger partial charge in [-0.3, -0.25) is 4.79 Å². The Balaban J connectivity index is 1.87. The highest BCUT2D eigenvalue weighted by atomic mass is 79.9. The molecule has 2 N–H and O–H groups in total. The Kier molecular flexibility index (Phi) is 5.00. The Hall–Kier alpha value is -1.74. The summed E-state index contributed by atoms with van der Waals surface area (Å²) in [6.45, 7) is 5.61. The molecule has 0 saturated carbocycles. The summed E-state index contributed by atoms with van der Waals surface area (Å²) in [6, 6.07) is 0.109. The van der Waals surface area contributed by atoms with E-state index in [2.05, 4.69) is 36.6 Å². The number of aromatic nitrogens is 4. The van der Waals surface area contributed by atoms with Gasteiger partial charge >= 0.3 is 5.69 Å². The Morgan fingerprint density at radius 2 is 2.33 bits per heavy atom. The first kappa shape index (κ1) is 17.1. The molecule has 8 nitrogen and oxygen atoms in total. The zero-order chi connectivity index (χ0) is 17.3. The summed E-state index contributed by atoms with van der Waals surface area (Å²) in [7, 11) is 0. The normalized spacial score (nSPS) is 18.2. The number of hydrogen-bond donors (Lipinski definition) is 2. The fraction of sp³-hybridized carbons (Fsp3) is 0.600. The number of imidazole rings is 1. The Bertz CT molecular complexity index is 806. The lowest BCUT2D eigenvalue weighted by Crippen LogP contribution is -2.47. The van der Waals surface area contributed by atoms with Crippen LogP contribution in [0.1, 0.15) is 38.3 Å². The SMILES string of the molecule is CC(C)c1nn(CC(=O)N[C@@H]2CCCNC2)c(=O)n2cc(Br)nc12. The monoisotopic (exact) mass is 396 g/mol. The molecule has 130 valence electrons. The highest BCUT2D eigenvalue weighted by molar-refractivity contribution is 9.10. The standard InChI is InChI=1S/C15H21BrN6O2/c1-9(2)13-14-19-11(16)7-21(14)15(24)22(20-13)8-12(23)18-10-4-3-5-17-6-10/h7,9-10,17H,3-6,8H2,1-2H3,(H,18,23)/t10-/m1/s1. The molecule has 1 saturated heterocycles. The summed E-state index contributed by atoms with van der Waals surface area (Å²) in [5, 5.41) is 10.6. The van der Waals surface area contributed by atoms with Gasteiger partial charge in [0.2, 0.25) is 5.91 Å². The van der Waals surface area contributed by atoms with Gasteiger partial charge in [0.15, 0.2) is 5.65 Å². The van der Waals surface area contributed by atoms with E-state index in [1.807, 2.05) is 13.8 Å². The second-order valence-corrected chi connectivity index (χ2v) is 7.16. The largest absolute Gasteiger partial charge is 0.350 e. The van der Waals surface area contributed by atoms with E-state index in [9.17, 15) is 9.59 Å². The van der Waals surface area contributed by atoms with E-state index < -0.39 is 0 Å². The molecule has 2 aromatic rings. The molecule has 0 bridgehead atoms. The van der Waals surface area contributed by atoms with Crippen molar-refractivity contribution in [2.24, 2.45) is 0 Å². The molecule has 0 aliphatic carbocycles. The van der Waals surface area contributed by atoms with Crippen molar-refractivity contribution in [1.82, 2.24) is 29.8 Å². The maximum absolute atomic E-state index is 12.6. The van der Waals surface area contributed by atoms with E-state index in [1.54, 1.807) is 6.20 Å². The zero-order valence-electron chi connectivity index (χ0n) is 13.8. The highest BCUT2D eigenvalue weighted by Crippen LogP contribution is 2.18. The predicted molar refractivity (Wildman–Crippen MR) is 93.1 cm³/mol. The molecule has 0 spiro atoms. The maximum Gasteiger partial charge on any atom is 0.350 e. The van der Waals surface area contributed by atoms with Crippen molar-refractivity contribution in [2.45, 2.75) is 45.2 Å². The van der Waals surface area contributed by atoms with Gasteiger partial charge in [-0.05, 0) is 35.3 Å². The average Bonchev–Trinajstić information content (AvgIpc) is 2.92. The molecule has 1 aliphatic rings. The molecular weight excluding hydrogens is 376 g/mol. The average molecular weight is 397 g/mol. The topological polar surface area (TPSA) is 93.3 Å². The molecular formula is C15H21BrN6O2. The van der Waals surface area contributed by atoms with Crippen LogP contribution < -0.4 is 16.3 Å². The molecule has 3 rings (SSSR count). The van der Waals surface area contributed by atoms with E-state index in [4.69, 9.17) is 0 Å². The molecule has 0 unspecified atom stereocenters. The van der Waals surface area contributed by atoms with Crippen LogP contribution in [0, 0.1) is 0 Å². The molecule has 3 heterocycles. The van der Waals surface area contributed by atoms with E-state index >= 15 is 0 Å². The number of nitrogens with zero attached hydrogens (tertiary/aromatic N) is 4. The van der Waals surface area contributed by atoms with Gasteiger partial charge < -0.3 is 10.6 Å². The van der Waals surface area contributed by atoms with Crippen LogP contribution in [0.3, 0.4) is 0 Å². The zero-order valence-corrected chi connectivity index (χ0v) is 15.3. The van der Waals surface area contributed by atoms with Crippen molar-refractivity contribution >= 4 is 27.5 Å². The third-order valence-corrected chi connectivity index (χ3v) is 4.45. The molecule has 2 aromatic heterocycles. The molecule has 9 heteroatoms. The second-order valence-electron chi connectivity index (χ2n) is 6.35. The first-order valence-electron chi connectivity index (χ1n) is 8.11. The van der Waals surface area contributed by atoms with Gasteiger partial charge in [0.1, 0.15) is 16.8 Å². The fourth-order valence-corrected chi connectivity index (χ4v) is 3.25. The predicted octanol–water partition coefficient (Wildman–Crippen LogP) is 0.645. The minimum atomic E-state index is -0.371. The summed E-state index contributed by atoms with van der Waals surface area (Å²) < 4.78 is 3.21. The van der Waals surface area contributed by atoms with E-state index in [1.165, 1.54) is 9.08 Å². The van der Waals surface area contributed by atoms with Crippen molar-refractivity contribution in [3.63, 3.8) is 0 Å². The summed E-state index contributed by atoms with van der Waals surface area (Å²) in [6.07, 6.45) is 3.59. The second kappa shape index (κ2) is 7.02. The number of halogens is 1. The maximum atomic E-state index is 12.6. The van der Waals surface area contributed by atoms with Gasteiger partial charge in [-0.15, -0.1) is 0 Å². The molecule has 0 radical (unpaired) electrons. The quantitative estimate of drug-likeness (QED) is 0.790. The summed E-state index contributed by atoms with van der Waals surface area (Å²) in [5.74, 6) is -0.120. The van der Waals surface area contributed by atoms with Crippen LogP contribution in [0.25, 0.3) is 5.65 Å². The van der Waals surface area contributed by atoms with Crippen molar-refractivity contribution in [3.05, 3.63) is 27.0 Å². The van der Waals surface area contributed by atoms with Gasteiger partial charge in [-0.25, -0.2) is 18.9 Å². The summed E-state index contributed by atoms with van der Waals surface area (Å²) in [4.78, 5) is 29.1. The number of rotatable bonds is 4. The van der Waals surface area contributed by atoms with Crippen molar-refractivity contribution in [3.8, 4) is 0 Å². The van der Waals surface area contributed by atoms with Crippen molar-refractivity contribution in [1.29, 1.82) is 0 Å². The summed E-state index contributed by atoms with van der Waals surface area (Å²) in [5.41, 5.74) is 0.840. The smallest absolute Gasteiger partial charge is 0.350 e. The van der Waals surface area contributed by atoms with Crippen LogP contribution in [0.5, 0.6) is 0 Å². The van der Waals surface area contributed by atoms with E-state index in [0.29, 0.717) is 15.9 Å². The van der Waals surface area contributed by atoms with E-state index in [0.717, 1.165) is 25.9 Å². The van der Waals surface area contributed by atoms with E-state index in [-0.39, 0.29) is 30.1 Å². The molecule has 0 aromatic carbocycles. The Morgan fingerprint density at radius 3 is 3.00 bits per heavy atom. The van der Waals surface area contributed by atoms with Crippen LogP contribution >= 0.6 is 15.9 Å². The van der Waals surface area contributed by atoms with Crippen LogP contribution in [0.15, 0.2) is 15.6 Å². The molecule has 1 atom stereocenters. The van der Waals surface area contributed by atoms with Crippen molar-refractivity contribution < 1.29 is 4.79 Å². The molecule has 1 aliphatic heterocycles. The van der Waals surface area contributed by atoms with Gasteiger partial charge in [0, 0.05) is 24.7 Å². The number of amides is 1. The Morgan fingerprint density at radius 1 is 1.54 bits per heavy atom. The van der Waals surface area contributed by atoms with Crippen LogP contribution in [0.4, 0.5) is 0 Å². The molecule has 1 fully saturated rings. The summed E-state index contributed by atoms with van der Waals surface area (Å²) >= 11 is 3.29. The lowest BCUT2D eigenvalue weighted by Gasteiger charge is -2.23. The minimum absolute atomic E-state index is 0.0826. The third kappa shape index (κ3) is 3.51. The van der Waals surface area contributed by atoms with Crippen LogP contribution in [0.2, 0.25) is 0 Å². The van der Waals surface area contributed by atoms with Gasteiger partial charge in [-0.1, -0.05) is 13.8 Å². The Labute approximate surface area is 147 Å². The number of carbonyl (C=O) groups is 1. The van der Waals surface area contributed by atoms with Crippen LogP contribution in [-0.4, -0.2) is 44.2 Å². The van der Waals surface area contributed by atoms with Crippen molar-refractivity contribution in [2.75, 3.05) is 13.1 Å². The number of fused-ring (bicyclic) bond motifs is 1. The number of carbonyl (C=O) groups excluding carboxylic acids is 1. The third-order valence-electron chi connectivity index (χ3n) is 4.06. The number of hydrogen-bond acceptors (Lipinski definition) is 5. The van der Waals surface area contributed by atoms with Crippen LogP contribution in [-0.2, 0) is 11.3 Å². The minimum Gasteiger partial charge on any atom is -0.350 e. The highest BCUT2D eigenvalue weighted by Gasteiger charge is 2.19. The molecule has 24 heavy (non-hydrogen) atoms. The first-order valence-corrected chi connectivity index (χ1v) is 8.90. The number of piperidine rings is 1. The molecule has 1 amide bonds. The lowest BCUT2D eigenvalue weighted by atomic mass is 10.1. The first-order chi connectivity index (χ1) is 11.5. The van der Waals surface area contributed by atoms with Gasteiger partial charge in [-0.2, -0.15) is 5.10 Å².